The Morgan fingerprint density at radius 2 is 1.56 bits per heavy atom. The van der Waals surface area contributed by atoms with Crippen LogP contribution in [-0.2, 0) is 4.79 Å². The Bertz CT molecular complexity index is 965. The molecule has 0 radical (unpaired) electrons. The lowest BCUT2D eigenvalue weighted by atomic mass is 9.82. The minimum atomic E-state index is -0.186. The SMILES string of the molecule is Cc1ccc(S[C@H]2C(=O)N(C)c3c(C)cccc3[C@H]2c2ccccc2)cc1. The van der Waals surface area contributed by atoms with E-state index in [-0.39, 0.29) is 17.1 Å². The number of rotatable bonds is 3. The lowest BCUT2D eigenvalue weighted by molar-refractivity contribution is -0.118. The van der Waals surface area contributed by atoms with Gasteiger partial charge in [0.15, 0.2) is 0 Å². The van der Waals surface area contributed by atoms with Gasteiger partial charge in [0.1, 0.15) is 0 Å². The molecule has 2 atom stereocenters. The van der Waals surface area contributed by atoms with Gasteiger partial charge in [-0.05, 0) is 42.7 Å². The van der Waals surface area contributed by atoms with E-state index in [0.717, 1.165) is 16.1 Å². The fraction of sp³-hybridized carbons (Fsp3) is 0.208. The van der Waals surface area contributed by atoms with Gasteiger partial charge in [0, 0.05) is 17.9 Å². The topological polar surface area (TPSA) is 20.3 Å². The Labute approximate surface area is 165 Å². The first kappa shape index (κ1) is 17.9. The van der Waals surface area contributed by atoms with Gasteiger partial charge >= 0.3 is 0 Å². The van der Waals surface area contributed by atoms with Gasteiger partial charge in [-0.15, -0.1) is 11.8 Å². The van der Waals surface area contributed by atoms with Gasteiger partial charge in [-0.3, -0.25) is 4.79 Å². The summed E-state index contributed by atoms with van der Waals surface area (Å²) in [5, 5.41) is -0.186. The standard InChI is InChI=1S/C24H23NOS/c1-16-12-14-19(15-13-16)27-23-21(18-9-5-4-6-10-18)20-11-7-8-17(2)22(20)25(3)24(23)26/h4-15,21,23H,1-3H3/t21-,23-/m1/s1. The van der Waals surface area contributed by atoms with Gasteiger partial charge in [0.2, 0.25) is 5.91 Å². The number of benzene rings is 3. The van der Waals surface area contributed by atoms with Crippen molar-refractivity contribution in [1.82, 2.24) is 0 Å². The van der Waals surface area contributed by atoms with Crippen molar-refractivity contribution >= 4 is 23.4 Å². The number of fused-ring (bicyclic) bond motifs is 1. The average Bonchev–Trinajstić information content (AvgIpc) is 2.68. The molecule has 3 aromatic carbocycles. The van der Waals surface area contributed by atoms with Crippen LogP contribution in [-0.4, -0.2) is 18.2 Å². The number of amides is 1. The molecule has 1 aliphatic heterocycles. The Kier molecular flexibility index (Phi) is 4.79. The van der Waals surface area contributed by atoms with Gasteiger partial charge < -0.3 is 4.90 Å². The van der Waals surface area contributed by atoms with Crippen LogP contribution in [0.2, 0.25) is 0 Å². The summed E-state index contributed by atoms with van der Waals surface area (Å²) in [4.78, 5) is 16.4. The summed E-state index contributed by atoms with van der Waals surface area (Å²) in [6.45, 7) is 4.16. The van der Waals surface area contributed by atoms with E-state index < -0.39 is 0 Å². The Morgan fingerprint density at radius 3 is 2.26 bits per heavy atom. The van der Waals surface area contributed by atoms with Crippen LogP contribution < -0.4 is 4.90 Å². The van der Waals surface area contributed by atoms with E-state index in [0.29, 0.717) is 0 Å². The second-order valence-electron chi connectivity index (χ2n) is 7.15. The van der Waals surface area contributed by atoms with E-state index in [1.807, 2.05) is 18.0 Å². The fourth-order valence-electron chi connectivity index (χ4n) is 3.89. The van der Waals surface area contributed by atoms with Crippen molar-refractivity contribution in [3.8, 4) is 0 Å². The molecule has 0 spiro atoms. The third kappa shape index (κ3) is 3.28. The molecule has 2 nitrogen and oxygen atoms in total. The highest BCUT2D eigenvalue weighted by Gasteiger charge is 2.40. The molecule has 3 aromatic rings. The van der Waals surface area contributed by atoms with E-state index in [1.54, 1.807) is 11.8 Å². The molecule has 136 valence electrons. The molecule has 4 rings (SSSR count). The van der Waals surface area contributed by atoms with Crippen LogP contribution in [0.1, 0.15) is 28.2 Å². The number of thioether (sulfide) groups is 1. The first-order valence-corrected chi connectivity index (χ1v) is 10.1. The molecule has 1 heterocycles. The number of para-hydroxylation sites is 1. The minimum absolute atomic E-state index is 0.0381. The smallest absolute Gasteiger partial charge is 0.241 e. The summed E-state index contributed by atoms with van der Waals surface area (Å²) in [6, 6.07) is 25.2. The zero-order valence-corrected chi connectivity index (χ0v) is 16.7. The zero-order chi connectivity index (χ0) is 19.0. The highest BCUT2D eigenvalue weighted by atomic mass is 32.2. The maximum atomic E-state index is 13.4. The second-order valence-corrected chi connectivity index (χ2v) is 8.36. The molecule has 0 aliphatic carbocycles. The summed E-state index contributed by atoms with van der Waals surface area (Å²) in [6.07, 6.45) is 0. The third-order valence-electron chi connectivity index (χ3n) is 5.26. The Morgan fingerprint density at radius 1 is 0.852 bits per heavy atom. The molecular formula is C24H23NOS. The van der Waals surface area contributed by atoms with Gasteiger partial charge in [0.05, 0.1) is 10.9 Å². The number of carbonyl (C=O) groups is 1. The Hall–Kier alpha value is -2.52. The number of carbonyl (C=O) groups excluding carboxylic acids is 1. The summed E-state index contributed by atoms with van der Waals surface area (Å²) < 4.78 is 0. The van der Waals surface area contributed by atoms with Crippen molar-refractivity contribution in [1.29, 1.82) is 0 Å². The molecule has 0 bridgehead atoms. The average molecular weight is 374 g/mol. The molecular weight excluding hydrogens is 350 g/mol. The van der Waals surface area contributed by atoms with Crippen LogP contribution in [0.5, 0.6) is 0 Å². The lowest BCUT2D eigenvalue weighted by Crippen LogP contribution is -2.43. The number of aryl methyl sites for hydroxylation is 2. The first-order valence-electron chi connectivity index (χ1n) is 9.21. The summed E-state index contributed by atoms with van der Waals surface area (Å²) >= 11 is 1.67. The van der Waals surface area contributed by atoms with Gasteiger partial charge in [-0.2, -0.15) is 0 Å². The van der Waals surface area contributed by atoms with Crippen LogP contribution in [0.15, 0.2) is 77.7 Å². The predicted molar refractivity (Wildman–Crippen MR) is 114 cm³/mol. The molecule has 0 saturated carbocycles. The van der Waals surface area contributed by atoms with Crippen molar-refractivity contribution in [3.63, 3.8) is 0 Å². The van der Waals surface area contributed by atoms with Gasteiger partial charge in [0.25, 0.3) is 0 Å². The fourth-order valence-corrected chi connectivity index (χ4v) is 5.18. The van der Waals surface area contributed by atoms with E-state index in [1.165, 1.54) is 16.7 Å². The molecule has 1 amide bonds. The zero-order valence-electron chi connectivity index (χ0n) is 15.8. The minimum Gasteiger partial charge on any atom is -0.314 e. The number of hydrogen-bond acceptors (Lipinski definition) is 2. The van der Waals surface area contributed by atoms with E-state index >= 15 is 0 Å². The molecule has 0 aromatic heterocycles. The van der Waals surface area contributed by atoms with Gasteiger partial charge in [-0.25, -0.2) is 0 Å². The molecule has 3 heteroatoms. The predicted octanol–water partition coefficient (Wildman–Crippen LogP) is 5.57. The van der Waals surface area contributed by atoms with E-state index in [9.17, 15) is 4.79 Å². The van der Waals surface area contributed by atoms with Crippen molar-refractivity contribution < 1.29 is 4.79 Å². The monoisotopic (exact) mass is 373 g/mol. The van der Waals surface area contributed by atoms with Crippen molar-refractivity contribution in [2.45, 2.75) is 29.9 Å². The van der Waals surface area contributed by atoms with E-state index in [2.05, 4.69) is 80.6 Å². The third-order valence-corrected chi connectivity index (χ3v) is 6.53. The molecule has 0 fully saturated rings. The van der Waals surface area contributed by atoms with Crippen LogP contribution >= 0.6 is 11.8 Å². The van der Waals surface area contributed by atoms with E-state index in [4.69, 9.17) is 0 Å². The number of nitrogens with zero attached hydrogens (tertiary/aromatic N) is 1. The van der Waals surface area contributed by atoms with Crippen LogP contribution in [0.4, 0.5) is 5.69 Å². The van der Waals surface area contributed by atoms with Crippen LogP contribution in [0, 0.1) is 13.8 Å². The molecule has 0 unspecified atom stereocenters. The number of hydrogen-bond donors (Lipinski definition) is 0. The molecule has 0 saturated heterocycles. The first-order chi connectivity index (χ1) is 13.1. The maximum Gasteiger partial charge on any atom is 0.241 e. The van der Waals surface area contributed by atoms with Crippen LogP contribution in [0.3, 0.4) is 0 Å². The summed E-state index contributed by atoms with van der Waals surface area (Å²) in [5.41, 5.74) is 5.84. The molecule has 0 N–H and O–H groups in total. The highest BCUT2D eigenvalue weighted by molar-refractivity contribution is 8.00. The summed E-state index contributed by atoms with van der Waals surface area (Å²) in [5.74, 6) is 0.201. The number of anilines is 1. The maximum absolute atomic E-state index is 13.4. The highest BCUT2D eigenvalue weighted by Crippen LogP contribution is 2.47. The quantitative estimate of drug-likeness (QED) is 0.598. The Balaban J connectivity index is 1.85. The lowest BCUT2D eigenvalue weighted by Gasteiger charge is -2.38. The largest absolute Gasteiger partial charge is 0.314 e. The normalized spacial score (nSPS) is 19.1. The van der Waals surface area contributed by atoms with Crippen molar-refractivity contribution in [2.24, 2.45) is 0 Å². The molecule has 27 heavy (non-hydrogen) atoms. The summed E-state index contributed by atoms with van der Waals surface area (Å²) in [7, 11) is 1.90. The van der Waals surface area contributed by atoms with Crippen molar-refractivity contribution in [2.75, 3.05) is 11.9 Å². The second kappa shape index (κ2) is 7.24. The van der Waals surface area contributed by atoms with Crippen molar-refractivity contribution in [3.05, 3.63) is 95.1 Å². The van der Waals surface area contributed by atoms with Gasteiger partial charge in [-0.1, -0.05) is 66.2 Å². The molecule has 1 aliphatic rings. The van der Waals surface area contributed by atoms with Crippen LogP contribution in [0.25, 0.3) is 0 Å².